The van der Waals surface area contributed by atoms with E-state index in [-0.39, 0.29) is 11.8 Å². The summed E-state index contributed by atoms with van der Waals surface area (Å²) in [6.07, 6.45) is 18.1. The third-order valence-electron chi connectivity index (χ3n) is 11.6. The molecule has 2 nitrogen and oxygen atoms in total. The van der Waals surface area contributed by atoms with Gasteiger partial charge in [0.1, 0.15) is 11.5 Å². The molecule has 2 unspecified atom stereocenters. The molecule has 0 N–H and O–H groups in total. The van der Waals surface area contributed by atoms with Gasteiger partial charge in [0.15, 0.2) is 0 Å². The van der Waals surface area contributed by atoms with Crippen molar-refractivity contribution in [3.05, 3.63) is 214 Å². The van der Waals surface area contributed by atoms with E-state index >= 15 is 0 Å². The minimum absolute atomic E-state index is 0.146. The topological polar surface area (TPSA) is 18.5 Å². The van der Waals surface area contributed by atoms with E-state index in [1.807, 2.05) is 24.3 Å². The van der Waals surface area contributed by atoms with Gasteiger partial charge in [-0.15, -0.1) is 104 Å². The molecule has 0 amide bonds. The van der Waals surface area contributed by atoms with Gasteiger partial charge in [-0.3, -0.25) is 0 Å². The molecule has 0 fully saturated rings. The van der Waals surface area contributed by atoms with E-state index in [1.54, 1.807) is 14.2 Å². The average molecular weight is 887 g/mol. The van der Waals surface area contributed by atoms with Crippen molar-refractivity contribution in [1.29, 1.82) is 0 Å². The van der Waals surface area contributed by atoms with Gasteiger partial charge in [-0.2, -0.15) is 0 Å². The second kappa shape index (κ2) is 18.4. The van der Waals surface area contributed by atoms with Crippen LogP contribution in [0.4, 0.5) is 0 Å². The Balaban J connectivity index is 0.00000157. The maximum absolute atomic E-state index is 5.37. The van der Waals surface area contributed by atoms with E-state index in [0.29, 0.717) is 0 Å². The van der Waals surface area contributed by atoms with Crippen LogP contribution in [-0.4, -0.2) is 14.2 Å². The average Bonchev–Trinajstić information content (AvgIpc) is 3.58. The Bertz CT molecular complexity index is 2490. The Kier molecular flexibility index (Phi) is 12.7. The van der Waals surface area contributed by atoms with E-state index in [1.165, 1.54) is 89.0 Å². The molecule has 9 rings (SSSR count). The summed E-state index contributed by atoms with van der Waals surface area (Å²) >= 11 is -0.826. The summed E-state index contributed by atoms with van der Waals surface area (Å²) in [5.74, 6) is 2.03. The minimum atomic E-state index is -0.826. The van der Waals surface area contributed by atoms with Crippen LogP contribution in [-0.2, 0) is 20.8 Å². The molecular weight excluding hydrogens is 843 g/mol. The molecule has 0 saturated heterocycles. The first kappa shape index (κ1) is 40.6. The summed E-state index contributed by atoms with van der Waals surface area (Å²) < 4.78 is 10.7. The molecule has 2 atom stereocenters. The Labute approximate surface area is 367 Å². The zero-order valence-corrected chi connectivity index (χ0v) is 37.5. The molecule has 7 aromatic carbocycles. The standard InChI is InChI=1S/C54H44O2.2ClH.Zr/c1-35-33-51-45(41-21-17-37(18-22-41)39-25-29-43(55-3)30-26-39)11-5-7-15-49(51)53(35)47-13-9-10-14-48(47)54-36(2)34-52-46(12-6-8-16-50(52)54)42-23-19-38(20-24-42)40-27-31-44(56-4)32-28-40;;;/h5-34,45-46H,1-4H3;2*1H;/q-2;;;+4/p-2. The third kappa shape index (κ3) is 8.35. The van der Waals surface area contributed by atoms with Crippen molar-refractivity contribution in [3.8, 4) is 56.0 Å². The Morgan fingerprint density at radius 3 is 1.15 bits per heavy atom. The predicted molar refractivity (Wildman–Crippen MR) is 247 cm³/mol. The Morgan fingerprint density at radius 2 is 0.814 bits per heavy atom. The summed E-state index contributed by atoms with van der Waals surface area (Å²) in [5.41, 5.74) is 20.4. The quantitative estimate of drug-likeness (QED) is 0.142. The van der Waals surface area contributed by atoms with Crippen molar-refractivity contribution in [1.82, 2.24) is 0 Å². The van der Waals surface area contributed by atoms with Gasteiger partial charge in [0.2, 0.25) is 0 Å². The predicted octanol–water partition coefficient (Wildman–Crippen LogP) is 15.2. The van der Waals surface area contributed by atoms with Crippen LogP contribution in [0.25, 0.3) is 56.7 Å². The summed E-state index contributed by atoms with van der Waals surface area (Å²) in [6, 6.07) is 48.5. The number of aryl methyl sites for hydroxylation is 2. The van der Waals surface area contributed by atoms with Crippen LogP contribution in [0.1, 0.15) is 56.3 Å². The number of methoxy groups -OCH3 is 2. The van der Waals surface area contributed by atoms with Crippen LogP contribution in [0.2, 0.25) is 0 Å². The molecule has 0 bridgehead atoms. The van der Waals surface area contributed by atoms with Crippen molar-refractivity contribution >= 4 is 29.2 Å². The fourth-order valence-electron chi connectivity index (χ4n) is 8.76. The van der Waals surface area contributed by atoms with E-state index < -0.39 is 20.8 Å². The fraction of sp³-hybridized carbons (Fsp3) is 0.111. The molecule has 0 spiro atoms. The second-order valence-corrected chi connectivity index (χ2v) is 18.6. The SMILES string of the molecule is COc1ccc(-c2ccc(C3C=CC=Cc4c3cc(C)[c-]4-c3ccccc3-[c-]3c(C)cc4c3C=CC=CC4c3ccc(-c4ccc(OC)cc4)cc3)cc2)cc1.[Cl][Zr+2][Cl]. The van der Waals surface area contributed by atoms with Crippen LogP contribution in [0.15, 0.2) is 170 Å². The van der Waals surface area contributed by atoms with Gasteiger partial charge in [0.05, 0.1) is 14.2 Å². The number of benzene rings is 5. The number of hydrogen-bond donors (Lipinski definition) is 0. The van der Waals surface area contributed by atoms with Crippen molar-refractivity contribution < 1.29 is 30.3 Å². The molecular formula is C54H44Cl2O2Zr. The zero-order chi connectivity index (χ0) is 40.9. The maximum atomic E-state index is 5.37. The number of hydrogen-bond acceptors (Lipinski definition) is 2. The van der Waals surface area contributed by atoms with Crippen molar-refractivity contribution in [2.45, 2.75) is 25.7 Å². The fourth-order valence-corrected chi connectivity index (χ4v) is 8.76. The first-order valence-electron chi connectivity index (χ1n) is 19.8. The zero-order valence-electron chi connectivity index (χ0n) is 33.5. The molecule has 2 aliphatic carbocycles. The first-order valence-corrected chi connectivity index (χ1v) is 26.1. The van der Waals surface area contributed by atoms with Gasteiger partial charge in [-0.1, -0.05) is 123 Å². The Hall–Kier alpha value is -5.18. The summed E-state index contributed by atoms with van der Waals surface area (Å²) in [5, 5.41) is 0. The van der Waals surface area contributed by atoms with Crippen LogP contribution in [0.5, 0.6) is 11.5 Å². The number of rotatable bonds is 8. The molecule has 0 radical (unpaired) electrons. The molecule has 0 aliphatic heterocycles. The Morgan fingerprint density at radius 1 is 0.475 bits per heavy atom. The number of halogens is 2. The van der Waals surface area contributed by atoms with Gasteiger partial charge < -0.3 is 9.47 Å². The third-order valence-corrected chi connectivity index (χ3v) is 11.6. The molecule has 0 aromatic heterocycles. The monoisotopic (exact) mass is 884 g/mol. The molecule has 290 valence electrons. The van der Waals surface area contributed by atoms with Crippen molar-refractivity contribution in [2.75, 3.05) is 14.2 Å². The van der Waals surface area contributed by atoms with Crippen LogP contribution in [0, 0.1) is 13.8 Å². The molecule has 5 heteroatoms. The van der Waals surface area contributed by atoms with E-state index in [2.05, 4.69) is 172 Å². The number of fused-ring (bicyclic) bond motifs is 2. The molecule has 7 aromatic rings. The summed E-state index contributed by atoms with van der Waals surface area (Å²) in [6.45, 7) is 4.55. The normalized spacial score (nSPS) is 14.9. The molecule has 59 heavy (non-hydrogen) atoms. The van der Waals surface area contributed by atoms with Gasteiger partial charge in [0, 0.05) is 0 Å². The molecule has 2 aliphatic rings. The van der Waals surface area contributed by atoms with Crippen molar-refractivity contribution in [2.24, 2.45) is 0 Å². The van der Waals surface area contributed by atoms with E-state index in [0.717, 1.165) is 11.5 Å². The van der Waals surface area contributed by atoms with Gasteiger partial charge in [0.25, 0.3) is 0 Å². The number of allylic oxidation sites excluding steroid dienone is 6. The summed E-state index contributed by atoms with van der Waals surface area (Å²) in [7, 11) is 13.3. The van der Waals surface area contributed by atoms with E-state index in [4.69, 9.17) is 26.5 Å². The summed E-state index contributed by atoms with van der Waals surface area (Å²) in [4.78, 5) is 0. The second-order valence-electron chi connectivity index (χ2n) is 14.9. The molecule has 0 heterocycles. The molecule has 0 saturated carbocycles. The van der Waals surface area contributed by atoms with Gasteiger partial charge >= 0.3 is 37.9 Å². The van der Waals surface area contributed by atoms with Crippen molar-refractivity contribution in [3.63, 3.8) is 0 Å². The number of ether oxygens (including phenoxy) is 2. The van der Waals surface area contributed by atoms with Gasteiger partial charge in [-0.05, 0) is 69.5 Å². The van der Waals surface area contributed by atoms with Crippen LogP contribution >= 0.6 is 17.0 Å². The van der Waals surface area contributed by atoms with E-state index in [9.17, 15) is 0 Å². The van der Waals surface area contributed by atoms with Crippen LogP contribution in [0.3, 0.4) is 0 Å². The van der Waals surface area contributed by atoms with Crippen LogP contribution < -0.4 is 9.47 Å². The first-order chi connectivity index (χ1) is 28.9. The van der Waals surface area contributed by atoms with Gasteiger partial charge in [-0.25, -0.2) is 0 Å².